The van der Waals surface area contributed by atoms with Crippen LogP contribution in [0.2, 0.25) is 5.28 Å². The lowest BCUT2D eigenvalue weighted by atomic mass is 10.5. The molecule has 1 aromatic rings. The minimum atomic E-state index is -2.56. The van der Waals surface area contributed by atoms with Gasteiger partial charge in [0.2, 0.25) is 17.2 Å². The third-order valence-corrected chi connectivity index (χ3v) is 2.00. The van der Waals surface area contributed by atoms with Crippen molar-refractivity contribution in [2.75, 3.05) is 37.0 Å². The van der Waals surface area contributed by atoms with Gasteiger partial charge in [0.05, 0.1) is 13.2 Å². The molecule has 0 radical (unpaired) electrons. The Balaban J connectivity index is 2.95. The second kappa shape index (κ2) is 6.45. The molecule has 2 N–H and O–H groups in total. The van der Waals surface area contributed by atoms with Gasteiger partial charge in [0, 0.05) is 13.6 Å². The average molecular weight is 268 g/mol. The maximum absolute atomic E-state index is 12.3. The Labute approximate surface area is 102 Å². The van der Waals surface area contributed by atoms with Crippen molar-refractivity contribution in [1.29, 1.82) is 0 Å². The molecule has 0 unspecified atom stereocenters. The van der Waals surface area contributed by atoms with Crippen LogP contribution in [0.15, 0.2) is 0 Å². The molecule has 17 heavy (non-hydrogen) atoms. The first kappa shape index (κ1) is 13.8. The van der Waals surface area contributed by atoms with Crippen molar-refractivity contribution >= 4 is 23.5 Å². The van der Waals surface area contributed by atoms with Crippen molar-refractivity contribution in [3.05, 3.63) is 5.28 Å². The molecular weight excluding hydrogens is 256 g/mol. The first-order valence-corrected chi connectivity index (χ1v) is 5.18. The van der Waals surface area contributed by atoms with E-state index in [9.17, 15) is 8.78 Å². The highest BCUT2D eigenvalue weighted by Gasteiger charge is 2.16. The number of rotatable bonds is 6. The normalized spacial score (nSPS) is 10.7. The van der Waals surface area contributed by atoms with Gasteiger partial charge in [0.1, 0.15) is 0 Å². The number of nitrogens with one attached hydrogen (secondary N) is 1. The SMILES string of the molecule is CNc1nc(Cl)nc(N(CCO)CC(F)F)n1. The Morgan fingerprint density at radius 2 is 2.12 bits per heavy atom. The van der Waals surface area contributed by atoms with Crippen LogP contribution in [0.1, 0.15) is 0 Å². The highest BCUT2D eigenvalue weighted by atomic mass is 35.5. The van der Waals surface area contributed by atoms with Gasteiger partial charge in [-0.1, -0.05) is 0 Å². The fourth-order valence-corrected chi connectivity index (χ4v) is 1.31. The maximum Gasteiger partial charge on any atom is 0.255 e. The van der Waals surface area contributed by atoms with Gasteiger partial charge < -0.3 is 15.3 Å². The number of hydrogen-bond acceptors (Lipinski definition) is 6. The fraction of sp³-hybridized carbons (Fsp3) is 0.625. The standard InChI is InChI=1S/C8H12ClF2N5O/c1-12-7-13-6(9)14-8(15-7)16(2-3-17)4-5(10)11/h5,17H,2-4H2,1H3,(H,12,13,14,15). The van der Waals surface area contributed by atoms with Crippen molar-refractivity contribution in [2.45, 2.75) is 6.43 Å². The largest absolute Gasteiger partial charge is 0.395 e. The molecule has 0 spiro atoms. The van der Waals surface area contributed by atoms with E-state index < -0.39 is 13.0 Å². The minimum absolute atomic E-state index is 0.00343. The summed E-state index contributed by atoms with van der Waals surface area (Å²) in [6, 6.07) is 0. The minimum Gasteiger partial charge on any atom is -0.395 e. The van der Waals surface area contributed by atoms with Crippen molar-refractivity contribution in [2.24, 2.45) is 0 Å². The number of aliphatic hydroxyl groups is 1. The number of aliphatic hydroxyl groups excluding tert-OH is 1. The molecule has 0 aliphatic carbocycles. The summed E-state index contributed by atoms with van der Waals surface area (Å²) in [6.07, 6.45) is -2.56. The maximum atomic E-state index is 12.3. The van der Waals surface area contributed by atoms with E-state index in [4.69, 9.17) is 16.7 Å². The first-order valence-electron chi connectivity index (χ1n) is 4.80. The van der Waals surface area contributed by atoms with Crippen molar-refractivity contribution in [3.63, 3.8) is 0 Å². The topological polar surface area (TPSA) is 74.2 Å². The van der Waals surface area contributed by atoms with Crippen LogP contribution in [-0.4, -0.2) is 53.2 Å². The van der Waals surface area contributed by atoms with Gasteiger partial charge in [-0.3, -0.25) is 0 Å². The monoisotopic (exact) mass is 267 g/mol. The molecule has 0 saturated heterocycles. The Hall–Kier alpha value is -1.28. The molecule has 1 heterocycles. The molecule has 0 fully saturated rings. The van der Waals surface area contributed by atoms with Crippen LogP contribution in [0.25, 0.3) is 0 Å². The van der Waals surface area contributed by atoms with E-state index >= 15 is 0 Å². The average Bonchev–Trinajstić information content (AvgIpc) is 2.27. The summed E-state index contributed by atoms with van der Waals surface area (Å²) in [4.78, 5) is 12.5. The van der Waals surface area contributed by atoms with Crippen LogP contribution in [0.3, 0.4) is 0 Å². The summed E-state index contributed by atoms with van der Waals surface area (Å²) in [6.45, 7) is -0.872. The molecule has 0 aliphatic rings. The lowest BCUT2D eigenvalue weighted by Crippen LogP contribution is -2.33. The zero-order chi connectivity index (χ0) is 12.8. The number of aromatic nitrogens is 3. The molecule has 6 nitrogen and oxygen atoms in total. The molecule has 96 valence electrons. The van der Waals surface area contributed by atoms with Crippen LogP contribution in [0.4, 0.5) is 20.7 Å². The third kappa shape index (κ3) is 4.23. The van der Waals surface area contributed by atoms with Crippen LogP contribution in [0.5, 0.6) is 0 Å². The third-order valence-electron chi connectivity index (χ3n) is 1.83. The predicted octanol–water partition coefficient (Wildman–Crippen LogP) is 0.630. The second-order valence-corrected chi connectivity index (χ2v) is 3.38. The summed E-state index contributed by atoms with van der Waals surface area (Å²) < 4.78 is 24.7. The molecule has 1 aromatic heterocycles. The van der Waals surface area contributed by atoms with Gasteiger partial charge in [-0.15, -0.1) is 0 Å². The van der Waals surface area contributed by atoms with E-state index in [0.717, 1.165) is 4.90 Å². The Kier molecular flexibility index (Phi) is 5.23. The van der Waals surface area contributed by atoms with Crippen molar-refractivity contribution in [3.8, 4) is 0 Å². The smallest absolute Gasteiger partial charge is 0.255 e. The molecule has 0 bridgehead atoms. The van der Waals surface area contributed by atoms with Crippen molar-refractivity contribution < 1.29 is 13.9 Å². The lowest BCUT2D eigenvalue weighted by Gasteiger charge is -2.21. The summed E-state index contributed by atoms with van der Waals surface area (Å²) >= 11 is 5.63. The molecular formula is C8H12ClF2N5O. The van der Waals surface area contributed by atoms with Gasteiger partial charge in [-0.2, -0.15) is 15.0 Å². The van der Waals surface area contributed by atoms with E-state index in [1.54, 1.807) is 7.05 Å². The van der Waals surface area contributed by atoms with Gasteiger partial charge in [-0.25, -0.2) is 8.78 Å². The van der Waals surface area contributed by atoms with Crippen LogP contribution >= 0.6 is 11.6 Å². The molecule has 0 amide bonds. The van der Waals surface area contributed by atoms with E-state index in [-0.39, 0.29) is 30.3 Å². The zero-order valence-corrected chi connectivity index (χ0v) is 9.82. The van der Waals surface area contributed by atoms with Gasteiger partial charge in [0.25, 0.3) is 6.43 Å². The van der Waals surface area contributed by atoms with Crippen LogP contribution < -0.4 is 10.2 Å². The van der Waals surface area contributed by atoms with Gasteiger partial charge >= 0.3 is 0 Å². The summed E-state index contributed by atoms with van der Waals surface area (Å²) in [5.41, 5.74) is 0. The molecule has 0 aliphatic heterocycles. The molecule has 0 saturated carbocycles. The second-order valence-electron chi connectivity index (χ2n) is 3.04. The van der Waals surface area contributed by atoms with Gasteiger partial charge in [-0.05, 0) is 11.6 Å². The quantitative estimate of drug-likeness (QED) is 0.788. The lowest BCUT2D eigenvalue weighted by molar-refractivity contribution is 0.152. The zero-order valence-electron chi connectivity index (χ0n) is 9.07. The van der Waals surface area contributed by atoms with Gasteiger partial charge in [0.15, 0.2) is 0 Å². The van der Waals surface area contributed by atoms with Crippen molar-refractivity contribution in [1.82, 2.24) is 15.0 Å². The highest BCUT2D eigenvalue weighted by molar-refractivity contribution is 6.28. The first-order chi connectivity index (χ1) is 8.06. The highest BCUT2D eigenvalue weighted by Crippen LogP contribution is 2.14. The summed E-state index contributed by atoms with van der Waals surface area (Å²) in [5, 5.41) is 11.3. The molecule has 1 rings (SSSR count). The Morgan fingerprint density at radius 1 is 1.41 bits per heavy atom. The Morgan fingerprint density at radius 3 is 2.65 bits per heavy atom. The molecule has 9 heteroatoms. The summed E-state index contributed by atoms with van der Waals surface area (Å²) in [7, 11) is 1.57. The number of hydrogen-bond donors (Lipinski definition) is 2. The van der Waals surface area contributed by atoms with Crippen LogP contribution in [0, 0.1) is 0 Å². The van der Waals surface area contributed by atoms with Crippen LogP contribution in [-0.2, 0) is 0 Å². The Bertz CT molecular complexity index is 368. The van der Waals surface area contributed by atoms with E-state index in [1.165, 1.54) is 0 Å². The number of anilines is 2. The van der Waals surface area contributed by atoms with E-state index in [2.05, 4.69) is 20.3 Å². The number of nitrogens with zero attached hydrogens (tertiary/aromatic N) is 4. The summed E-state index contributed by atoms with van der Waals surface area (Å²) in [5.74, 6) is 0.181. The number of halogens is 3. The fourth-order valence-electron chi connectivity index (χ4n) is 1.15. The predicted molar refractivity (Wildman–Crippen MR) is 59.7 cm³/mol. The number of alkyl halides is 2. The molecule has 0 aromatic carbocycles. The molecule has 0 atom stereocenters. The van der Waals surface area contributed by atoms with E-state index in [0.29, 0.717) is 0 Å². The van der Waals surface area contributed by atoms with E-state index in [1.807, 2.05) is 0 Å².